The van der Waals surface area contributed by atoms with Gasteiger partial charge < -0.3 is 40.2 Å². The van der Waals surface area contributed by atoms with Crippen molar-refractivity contribution in [1.82, 2.24) is 20.6 Å². The number of nitrogens with one attached hydrogen (secondary N) is 4. The number of carbonyl (C=O) groups is 4. The summed E-state index contributed by atoms with van der Waals surface area (Å²) in [7, 11) is 9.28. The Kier molecular flexibility index (Phi) is 15.9. The molecule has 0 aliphatic rings. The number of carbonyl (C=O) groups excluding carboxylic acids is 4. The highest BCUT2D eigenvalue weighted by Crippen LogP contribution is 2.31. The zero-order valence-electron chi connectivity index (χ0n) is 33.5. The van der Waals surface area contributed by atoms with E-state index in [4.69, 9.17) is 18.9 Å². The number of benzene rings is 4. The Morgan fingerprint density at radius 3 is 1.07 bits per heavy atom. The lowest BCUT2D eigenvalue weighted by Gasteiger charge is -2.10. The largest absolute Gasteiger partial charge is 0.497 e. The minimum absolute atomic E-state index is 0.232. The molecule has 0 unspecified atom stereocenters. The SMILES string of the molecule is CNC(=O)c1cc(Sc2ccc(NC(=O)c3cc(OC)cc(OC)c3)cc2)ccn1.CNC(=O)c1cc(Sc2ccc(NC(=O)c3cc(OC)cc(OC)c3)cc2)ccn1. The van der Waals surface area contributed by atoms with Gasteiger partial charge in [0, 0.05) is 80.7 Å². The molecule has 0 saturated heterocycles. The van der Waals surface area contributed by atoms with Gasteiger partial charge in [0.2, 0.25) is 0 Å². The van der Waals surface area contributed by atoms with Crippen LogP contribution in [0.5, 0.6) is 23.0 Å². The molecule has 0 saturated carbocycles. The van der Waals surface area contributed by atoms with Gasteiger partial charge in [0.25, 0.3) is 23.6 Å². The normalized spacial score (nSPS) is 10.2. The van der Waals surface area contributed by atoms with Gasteiger partial charge in [0.15, 0.2) is 0 Å². The van der Waals surface area contributed by atoms with Crippen LogP contribution in [0.3, 0.4) is 0 Å². The molecule has 6 rings (SSSR count). The van der Waals surface area contributed by atoms with E-state index in [1.54, 1.807) is 75.0 Å². The third-order valence-corrected chi connectivity index (χ3v) is 10.3. The van der Waals surface area contributed by atoms with Crippen LogP contribution in [-0.2, 0) is 0 Å². The summed E-state index contributed by atoms with van der Waals surface area (Å²) in [6, 6.07) is 32.0. The summed E-state index contributed by atoms with van der Waals surface area (Å²) < 4.78 is 20.8. The number of anilines is 2. The van der Waals surface area contributed by atoms with Crippen molar-refractivity contribution in [3.63, 3.8) is 0 Å². The fraction of sp³-hybridized carbons (Fsp3) is 0.136. The van der Waals surface area contributed by atoms with Crippen LogP contribution in [0.4, 0.5) is 11.4 Å². The number of pyridine rings is 2. The van der Waals surface area contributed by atoms with E-state index in [0.29, 0.717) is 56.9 Å². The number of ether oxygens (including phenoxy) is 4. The number of aromatic nitrogens is 2. The fourth-order valence-electron chi connectivity index (χ4n) is 5.22. The molecule has 0 aliphatic carbocycles. The summed E-state index contributed by atoms with van der Waals surface area (Å²) in [5.41, 5.74) is 2.91. The third kappa shape index (κ3) is 12.5. The van der Waals surface area contributed by atoms with Crippen LogP contribution in [0.2, 0.25) is 0 Å². The molecule has 0 atom stereocenters. The molecule has 14 nitrogen and oxygen atoms in total. The smallest absolute Gasteiger partial charge is 0.269 e. The molecule has 0 aliphatic heterocycles. The fourth-order valence-corrected chi connectivity index (χ4v) is 6.91. The van der Waals surface area contributed by atoms with Crippen molar-refractivity contribution in [3.05, 3.63) is 144 Å². The zero-order valence-corrected chi connectivity index (χ0v) is 35.2. The molecule has 308 valence electrons. The van der Waals surface area contributed by atoms with Crippen molar-refractivity contribution < 1.29 is 38.1 Å². The van der Waals surface area contributed by atoms with Crippen molar-refractivity contribution >= 4 is 58.5 Å². The highest BCUT2D eigenvalue weighted by Gasteiger charge is 2.13. The van der Waals surface area contributed by atoms with Gasteiger partial charge in [-0.3, -0.25) is 29.1 Å². The average molecular weight is 847 g/mol. The van der Waals surface area contributed by atoms with E-state index in [-0.39, 0.29) is 23.6 Å². The molecule has 4 N–H and O–H groups in total. The van der Waals surface area contributed by atoms with Crippen LogP contribution in [0.25, 0.3) is 0 Å². The van der Waals surface area contributed by atoms with Crippen LogP contribution in [-0.4, -0.2) is 76.1 Å². The topological polar surface area (TPSA) is 179 Å². The Morgan fingerprint density at radius 2 is 0.767 bits per heavy atom. The van der Waals surface area contributed by atoms with E-state index in [9.17, 15) is 19.2 Å². The monoisotopic (exact) mass is 846 g/mol. The molecule has 0 spiro atoms. The molecule has 16 heteroatoms. The first-order valence-electron chi connectivity index (χ1n) is 18.1. The number of hydrogen-bond donors (Lipinski definition) is 4. The molecule has 4 aromatic carbocycles. The van der Waals surface area contributed by atoms with Gasteiger partial charge in [-0.2, -0.15) is 0 Å². The van der Waals surface area contributed by atoms with E-state index in [1.807, 2.05) is 60.7 Å². The van der Waals surface area contributed by atoms with Crippen molar-refractivity contribution in [1.29, 1.82) is 0 Å². The van der Waals surface area contributed by atoms with E-state index in [0.717, 1.165) is 19.6 Å². The van der Waals surface area contributed by atoms with Crippen LogP contribution in [0.15, 0.2) is 141 Å². The summed E-state index contributed by atoms with van der Waals surface area (Å²) in [6.07, 6.45) is 3.20. The zero-order chi connectivity index (χ0) is 43.0. The molecule has 0 bridgehead atoms. The standard InChI is InChI=1S/2C22H21N3O4S/c2*1-23-22(27)20-13-19(8-9-24-20)30-18-6-4-15(5-7-18)25-21(26)14-10-16(28-2)12-17(11-14)29-3/h2*4-13H,1-3H3,(H,23,27)(H,25,26). The molecular weight excluding hydrogens is 805 g/mol. The first-order chi connectivity index (χ1) is 29.0. The van der Waals surface area contributed by atoms with E-state index < -0.39 is 0 Å². The van der Waals surface area contributed by atoms with Gasteiger partial charge >= 0.3 is 0 Å². The Bertz CT molecular complexity index is 2240. The maximum atomic E-state index is 12.6. The molecule has 2 aromatic heterocycles. The second-order valence-corrected chi connectivity index (χ2v) is 14.6. The molecule has 2 heterocycles. The molecule has 6 aromatic rings. The lowest BCUT2D eigenvalue weighted by molar-refractivity contribution is 0.0950. The number of nitrogens with zero attached hydrogens (tertiary/aromatic N) is 2. The van der Waals surface area contributed by atoms with E-state index in [1.165, 1.54) is 52.0 Å². The van der Waals surface area contributed by atoms with Gasteiger partial charge in [-0.05, 0) is 97.1 Å². The van der Waals surface area contributed by atoms with Crippen molar-refractivity contribution in [2.75, 3.05) is 53.2 Å². The van der Waals surface area contributed by atoms with Crippen LogP contribution >= 0.6 is 23.5 Å². The number of rotatable bonds is 14. The highest BCUT2D eigenvalue weighted by molar-refractivity contribution is 7.99. The summed E-state index contributed by atoms with van der Waals surface area (Å²) in [5.74, 6) is 1.17. The van der Waals surface area contributed by atoms with Gasteiger partial charge in [0.05, 0.1) is 28.4 Å². The molecule has 0 radical (unpaired) electrons. The van der Waals surface area contributed by atoms with Crippen molar-refractivity contribution in [3.8, 4) is 23.0 Å². The Labute approximate surface area is 355 Å². The van der Waals surface area contributed by atoms with E-state index >= 15 is 0 Å². The first kappa shape index (κ1) is 44.1. The molecule has 4 amide bonds. The molecule has 60 heavy (non-hydrogen) atoms. The van der Waals surface area contributed by atoms with Gasteiger partial charge in [-0.15, -0.1) is 0 Å². The predicted molar refractivity (Wildman–Crippen MR) is 231 cm³/mol. The Balaban J connectivity index is 0.000000228. The summed E-state index contributed by atoms with van der Waals surface area (Å²) in [5, 5.41) is 10.8. The lowest BCUT2D eigenvalue weighted by atomic mass is 10.2. The van der Waals surface area contributed by atoms with Gasteiger partial charge in [-0.1, -0.05) is 23.5 Å². The summed E-state index contributed by atoms with van der Waals surface area (Å²) in [6.45, 7) is 0. The molecular formula is C44H42N6O8S2. The number of methoxy groups -OCH3 is 4. The van der Waals surface area contributed by atoms with Crippen LogP contribution in [0, 0.1) is 0 Å². The van der Waals surface area contributed by atoms with E-state index in [2.05, 4.69) is 31.2 Å². The predicted octanol–water partition coefficient (Wildman–Crippen LogP) is 7.72. The first-order valence-corrected chi connectivity index (χ1v) is 19.7. The number of hydrogen-bond acceptors (Lipinski definition) is 12. The van der Waals surface area contributed by atoms with Gasteiger partial charge in [0.1, 0.15) is 34.4 Å². The van der Waals surface area contributed by atoms with Crippen molar-refractivity contribution in [2.45, 2.75) is 19.6 Å². The lowest BCUT2D eigenvalue weighted by Crippen LogP contribution is -2.18. The maximum absolute atomic E-state index is 12.6. The highest BCUT2D eigenvalue weighted by atomic mass is 32.2. The number of amides is 4. The summed E-state index contributed by atoms with van der Waals surface area (Å²) >= 11 is 3.00. The Morgan fingerprint density at radius 1 is 0.433 bits per heavy atom. The summed E-state index contributed by atoms with van der Waals surface area (Å²) in [4.78, 5) is 60.4. The minimum Gasteiger partial charge on any atom is -0.497 e. The molecule has 0 fully saturated rings. The van der Waals surface area contributed by atoms with Gasteiger partial charge in [-0.25, -0.2) is 0 Å². The second kappa shape index (κ2) is 21.6. The quantitative estimate of drug-likeness (QED) is 0.0840. The third-order valence-electron chi connectivity index (χ3n) is 8.31. The average Bonchev–Trinajstić information content (AvgIpc) is 3.29. The Hall–Kier alpha value is -7.04. The van der Waals surface area contributed by atoms with Crippen LogP contribution < -0.4 is 40.2 Å². The second-order valence-electron chi connectivity index (χ2n) is 12.3. The van der Waals surface area contributed by atoms with Crippen molar-refractivity contribution in [2.24, 2.45) is 0 Å². The minimum atomic E-state index is -0.267. The maximum Gasteiger partial charge on any atom is 0.269 e. The van der Waals surface area contributed by atoms with Crippen LogP contribution in [0.1, 0.15) is 41.7 Å².